The smallest absolute Gasteiger partial charge is 0.526 e. The van der Waals surface area contributed by atoms with Crippen molar-refractivity contribution in [2.24, 2.45) is 0 Å². The van der Waals surface area contributed by atoms with Gasteiger partial charge in [0.25, 0.3) is 0 Å². The van der Waals surface area contributed by atoms with E-state index < -0.39 is 11.4 Å². The number of nitriles is 1. The van der Waals surface area contributed by atoms with Crippen molar-refractivity contribution in [3.63, 3.8) is 0 Å². The standard InChI is InChI=1S/C11H12N2O2S/c1-11(10(14)15)4-2-3-7-8(11)6(5-12)9(13)16-7/h2-4,13H2,1H3,(H,14,15)/p+1. The number of hydrogen-bond acceptors (Lipinski definition) is 4. The van der Waals surface area contributed by atoms with Gasteiger partial charge in [-0.3, -0.25) is 0 Å². The summed E-state index contributed by atoms with van der Waals surface area (Å²) in [6, 6.07) is 2.06. The number of nitrogens with zero attached hydrogens (tertiary/aromatic N) is 1. The highest BCUT2D eigenvalue weighted by atomic mass is 32.1. The molecule has 0 saturated heterocycles. The monoisotopic (exact) mass is 237 g/mol. The van der Waals surface area contributed by atoms with E-state index in [4.69, 9.17) is 16.1 Å². The van der Waals surface area contributed by atoms with Gasteiger partial charge < -0.3 is 10.8 Å². The maximum Gasteiger partial charge on any atom is 0.526 e. The molecule has 0 saturated carbocycles. The maximum atomic E-state index is 11.5. The SMILES string of the molecule is CC1(C(=O)[OH2+])CCCc2sc(N)c(C#N)c21. The molecule has 0 bridgehead atoms. The summed E-state index contributed by atoms with van der Waals surface area (Å²) in [5, 5.41) is 17.0. The molecule has 4 N–H and O–H groups in total. The van der Waals surface area contributed by atoms with Crippen LogP contribution in [0.15, 0.2) is 0 Å². The Morgan fingerprint density at radius 2 is 2.38 bits per heavy atom. The number of aryl methyl sites for hydroxylation is 1. The van der Waals surface area contributed by atoms with Crippen molar-refractivity contribution in [3.05, 3.63) is 16.0 Å². The highest BCUT2D eigenvalue weighted by Gasteiger charge is 2.48. The summed E-state index contributed by atoms with van der Waals surface area (Å²) >= 11 is 1.38. The van der Waals surface area contributed by atoms with Crippen molar-refractivity contribution in [1.82, 2.24) is 0 Å². The molecule has 1 heterocycles. The number of fused-ring (bicyclic) bond motifs is 1. The first kappa shape index (κ1) is 11.0. The Kier molecular flexibility index (Phi) is 2.39. The molecule has 0 radical (unpaired) electrons. The van der Waals surface area contributed by atoms with Crippen molar-refractivity contribution >= 4 is 22.3 Å². The minimum Gasteiger partial charge on any atom is -0.564 e. The van der Waals surface area contributed by atoms with Crippen LogP contribution in [0.1, 0.15) is 35.8 Å². The van der Waals surface area contributed by atoms with Crippen LogP contribution < -0.4 is 5.73 Å². The lowest BCUT2D eigenvalue weighted by molar-refractivity contribution is -0.143. The summed E-state index contributed by atoms with van der Waals surface area (Å²) < 4.78 is 0. The predicted molar refractivity (Wildman–Crippen MR) is 62.4 cm³/mol. The molecule has 1 atom stereocenters. The normalized spacial score (nSPS) is 23.5. The van der Waals surface area contributed by atoms with Gasteiger partial charge >= 0.3 is 5.97 Å². The lowest BCUT2D eigenvalue weighted by Gasteiger charge is -2.26. The summed E-state index contributed by atoms with van der Waals surface area (Å²) in [7, 11) is 0. The number of nitrogens with two attached hydrogens (primary N) is 1. The van der Waals surface area contributed by atoms with Crippen molar-refractivity contribution < 1.29 is 9.90 Å². The van der Waals surface area contributed by atoms with Gasteiger partial charge in [0, 0.05) is 15.2 Å². The fourth-order valence-corrected chi connectivity index (χ4v) is 3.51. The van der Waals surface area contributed by atoms with Gasteiger partial charge in [-0.1, -0.05) is 0 Å². The largest absolute Gasteiger partial charge is 0.564 e. The fraction of sp³-hybridized carbons (Fsp3) is 0.455. The second-order valence-electron chi connectivity index (χ2n) is 4.27. The van der Waals surface area contributed by atoms with Crippen LogP contribution in [0.25, 0.3) is 0 Å². The Balaban J connectivity index is 2.71. The number of thiophene rings is 1. The molecular formula is C11H13N2O2S+. The van der Waals surface area contributed by atoms with E-state index in [-0.39, 0.29) is 0 Å². The van der Waals surface area contributed by atoms with Crippen LogP contribution in [-0.4, -0.2) is 11.1 Å². The average Bonchev–Trinajstić information content (AvgIpc) is 2.55. The zero-order chi connectivity index (χ0) is 11.9. The van der Waals surface area contributed by atoms with E-state index in [9.17, 15) is 4.79 Å². The first-order chi connectivity index (χ1) is 7.50. The third-order valence-electron chi connectivity index (χ3n) is 3.25. The molecular weight excluding hydrogens is 224 g/mol. The van der Waals surface area contributed by atoms with E-state index in [1.54, 1.807) is 6.92 Å². The fourth-order valence-electron chi connectivity index (χ4n) is 2.32. The van der Waals surface area contributed by atoms with Crippen LogP contribution in [0.3, 0.4) is 0 Å². The second kappa shape index (κ2) is 3.49. The van der Waals surface area contributed by atoms with Gasteiger partial charge in [-0.25, -0.2) is 0 Å². The first-order valence-electron chi connectivity index (χ1n) is 5.08. The number of nitrogen functional groups attached to an aromatic ring is 1. The highest BCUT2D eigenvalue weighted by molar-refractivity contribution is 7.16. The topological polar surface area (TPSA) is 89.8 Å². The van der Waals surface area contributed by atoms with Crippen molar-refractivity contribution in [1.29, 1.82) is 5.26 Å². The second-order valence-corrected chi connectivity index (χ2v) is 5.40. The van der Waals surface area contributed by atoms with Crippen LogP contribution in [0.2, 0.25) is 0 Å². The van der Waals surface area contributed by atoms with Crippen LogP contribution in [0.4, 0.5) is 5.00 Å². The van der Waals surface area contributed by atoms with Gasteiger partial charge in [-0.15, -0.1) is 11.3 Å². The third-order valence-corrected chi connectivity index (χ3v) is 4.33. The van der Waals surface area contributed by atoms with Crippen molar-refractivity contribution in [3.8, 4) is 6.07 Å². The van der Waals surface area contributed by atoms with E-state index in [1.165, 1.54) is 11.3 Å². The Hall–Kier alpha value is -1.54. The van der Waals surface area contributed by atoms with Gasteiger partial charge in [-0.2, -0.15) is 5.26 Å². The Morgan fingerprint density at radius 1 is 1.69 bits per heavy atom. The molecule has 1 aromatic heterocycles. The molecule has 4 nitrogen and oxygen atoms in total. The highest BCUT2D eigenvalue weighted by Crippen LogP contribution is 2.45. The van der Waals surface area contributed by atoms with Gasteiger partial charge in [0.15, 0.2) is 5.41 Å². The number of carbonyl (C=O) groups is 1. The van der Waals surface area contributed by atoms with Crippen molar-refractivity contribution in [2.45, 2.75) is 31.6 Å². The quantitative estimate of drug-likeness (QED) is 0.740. The molecule has 0 aliphatic heterocycles. The van der Waals surface area contributed by atoms with Crippen LogP contribution >= 0.6 is 11.3 Å². The number of carbonyl (C=O) groups excluding carboxylic acids is 1. The summed E-state index contributed by atoms with van der Waals surface area (Å²) in [6.45, 7) is 1.74. The summed E-state index contributed by atoms with van der Waals surface area (Å²) in [4.78, 5) is 12.5. The molecule has 1 unspecified atom stereocenters. The third kappa shape index (κ3) is 1.30. The van der Waals surface area contributed by atoms with Crippen LogP contribution in [0, 0.1) is 11.3 Å². The molecule has 2 rings (SSSR count). The zero-order valence-corrected chi connectivity index (χ0v) is 9.78. The molecule has 1 aliphatic rings. The lowest BCUT2D eigenvalue weighted by Crippen LogP contribution is -2.36. The Bertz CT molecular complexity index is 501. The van der Waals surface area contributed by atoms with E-state index in [1.807, 2.05) is 0 Å². The average molecular weight is 237 g/mol. The number of rotatable bonds is 1. The molecule has 1 aromatic rings. The molecule has 16 heavy (non-hydrogen) atoms. The Morgan fingerprint density at radius 3 is 2.94 bits per heavy atom. The molecule has 0 amide bonds. The molecule has 1 aliphatic carbocycles. The predicted octanol–water partition coefficient (Wildman–Crippen LogP) is 1.05. The van der Waals surface area contributed by atoms with Gasteiger partial charge in [0.1, 0.15) is 11.1 Å². The molecule has 5 heteroatoms. The van der Waals surface area contributed by atoms with E-state index in [0.29, 0.717) is 22.5 Å². The lowest BCUT2D eigenvalue weighted by atomic mass is 9.72. The molecule has 84 valence electrons. The van der Waals surface area contributed by atoms with Crippen LogP contribution in [0.5, 0.6) is 0 Å². The molecule has 0 fully saturated rings. The maximum absolute atomic E-state index is 11.5. The van der Waals surface area contributed by atoms with E-state index in [2.05, 4.69) is 6.07 Å². The summed E-state index contributed by atoms with van der Waals surface area (Å²) in [5.41, 5.74) is 6.05. The van der Waals surface area contributed by atoms with Gasteiger partial charge in [0.05, 0.1) is 5.56 Å². The molecule has 0 aromatic carbocycles. The summed E-state index contributed by atoms with van der Waals surface area (Å²) in [5.74, 6) is -0.622. The van der Waals surface area contributed by atoms with E-state index >= 15 is 0 Å². The summed E-state index contributed by atoms with van der Waals surface area (Å²) in [6.07, 6.45) is 2.36. The number of hydrogen-bond donors (Lipinski definition) is 1. The Labute approximate surface area is 97.3 Å². The minimum atomic E-state index is -0.841. The van der Waals surface area contributed by atoms with Crippen LogP contribution in [-0.2, 0) is 16.6 Å². The van der Waals surface area contributed by atoms with E-state index in [0.717, 1.165) is 17.7 Å². The van der Waals surface area contributed by atoms with Gasteiger partial charge in [-0.05, 0) is 26.2 Å². The minimum absolute atomic E-state index is 0.405. The number of anilines is 1. The molecule has 0 spiro atoms. The first-order valence-corrected chi connectivity index (χ1v) is 5.90. The zero-order valence-electron chi connectivity index (χ0n) is 8.96. The van der Waals surface area contributed by atoms with Gasteiger partial charge in [0.2, 0.25) is 0 Å². The van der Waals surface area contributed by atoms with Crippen molar-refractivity contribution in [2.75, 3.05) is 5.73 Å².